The summed E-state index contributed by atoms with van der Waals surface area (Å²) in [4.78, 5) is 29.5. The molecule has 24 heavy (non-hydrogen) atoms. The molecule has 0 saturated carbocycles. The monoisotopic (exact) mass is 357 g/mol. The number of nitrogens with zero attached hydrogens (tertiary/aromatic N) is 1. The second-order valence-electron chi connectivity index (χ2n) is 5.82. The Bertz CT molecular complexity index is 1060. The topological polar surface area (TPSA) is 66.9 Å². The van der Waals surface area contributed by atoms with Gasteiger partial charge in [0.05, 0.1) is 16.5 Å². The van der Waals surface area contributed by atoms with Gasteiger partial charge in [-0.25, -0.2) is 0 Å². The fourth-order valence-electron chi connectivity index (χ4n) is 3.11. The number of hydrogen-bond acceptors (Lipinski definition) is 4. The lowest BCUT2D eigenvalue weighted by Gasteiger charge is -2.13. The molecule has 0 spiro atoms. The van der Waals surface area contributed by atoms with Gasteiger partial charge in [0.2, 0.25) is 0 Å². The van der Waals surface area contributed by atoms with Crippen molar-refractivity contribution < 1.29 is 4.79 Å². The van der Waals surface area contributed by atoms with Crippen molar-refractivity contribution in [2.45, 2.75) is 25.7 Å². The van der Waals surface area contributed by atoms with E-state index in [9.17, 15) is 9.59 Å². The second kappa shape index (κ2) is 5.99. The fraction of sp³-hybridized carbons (Fsp3) is 0.235. The molecule has 122 valence electrons. The number of H-pyrrole nitrogens is 1. The molecule has 3 aromatic rings. The third-order valence-corrected chi connectivity index (χ3v) is 5.70. The average molecular weight is 357 g/mol. The lowest BCUT2D eigenvalue weighted by molar-refractivity contribution is 0.101. The summed E-state index contributed by atoms with van der Waals surface area (Å²) < 4.78 is 1.29. The lowest BCUT2D eigenvalue weighted by atomic mass is 9.96. The molecule has 0 unspecified atom stereocenters. The van der Waals surface area contributed by atoms with E-state index in [0.717, 1.165) is 29.5 Å². The summed E-state index contributed by atoms with van der Waals surface area (Å²) in [6.07, 6.45) is 4.22. The predicted octanol–water partition coefficient (Wildman–Crippen LogP) is 3.38. The van der Waals surface area contributed by atoms with Crippen LogP contribution in [0.5, 0.6) is 0 Å². The van der Waals surface area contributed by atoms with Crippen LogP contribution in [-0.2, 0) is 12.8 Å². The van der Waals surface area contributed by atoms with Gasteiger partial charge in [0, 0.05) is 10.3 Å². The SMILES string of the molecule is O=C(Nn1c(=S)[nH]c2ccccc2c1=O)c1csc2c1CCCC2. The highest BCUT2D eigenvalue weighted by molar-refractivity contribution is 7.71. The first-order valence-corrected chi connectivity index (χ1v) is 9.08. The van der Waals surface area contributed by atoms with Gasteiger partial charge in [-0.15, -0.1) is 11.3 Å². The van der Waals surface area contributed by atoms with Crippen molar-refractivity contribution in [3.05, 3.63) is 60.8 Å². The first-order valence-electron chi connectivity index (χ1n) is 7.80. The van der Waals surface area contributed by atoms with Crippen molar-refractivity contribution in [3.8, 4) is 0 Å². The number of benzene rings is 1. The number of hydrogen-bond donors (Lipinski definition) is 2. The molecule has 2 heterocycles. The van der Waals surface area contributed by atoms with E-state index in [-0.39, 0.29) is 16.2 Å². The molecule has 4 rings (SSSR count). The lowest BCUT2D eigenvalue weighted by Crippen LogP contribution is -2.34. The fourth-order valence-corrected chi connectivity index (χ4v) is 4.47. The zero-order chi connectivity index (χ0) is 16.7. The Labute approximate surface area is 146 Å². The van der Waals surface area contributed by atoms with Crippen LogP contribution >= 0.6 is 23.6 Å². The van der Waals surface area contributed by atoms with Gasteiger partial charge in [0.1, 0.15) is 0 Å². The van der Waals surface area contributed by atoms with Crippen molar-refractivity contribution in [1.29, 1.82) is 0 Å². The van der Waals surface area contributed by atoms with Crippen LogP contribution in [0.2, 0.25) is 0 Å². The summed E-state index contributed by atoms with van der Waals surface area (Å²) in [5.74, 6) is -0.286. The van der Waals surface area contributed by atoms with E-state index >= 15 is 0 Å². The van der Waals surface area contributed by atoms with Gasteiger partial charge in [-0.05, 0) is 55.6 Å². The first-order chi connectivity index (χ1) is 11.6. The Balaban J connectivity index is 1.75. The zero-order valence-corrected chi connectivity index (χ0v) is 14.4. The van der Waals surface area contributed by atoms with Crippen LogP contribution in [-0.4, -0.2) is 15.6 Å². The van der Waals surface area contributed by atoms with Crippen molar-refractivity contribution in [2.75, 3.05) is 5.43 Å². The molecule has 0 atom stereocenters. The Morgan fingerprint density at radius 1 is 1.25 bits per heavy atom. The van der Waals surface area contributed by atoms with E-state index in [1.807, 2.05) is 11.4 Å². The van der Waals surface area contributed by atoms with Crippen molar-refractivity contribution in [1.82, 2.24) is 9.66 Å². The molecule has 0 fully saturated rings. The number of thiophene rings is 1. The summed E-state index contributed by atoms with van der Waals surface area (Å²) in [6, 6.07) is 7.10. The number of nitrogens with one attached hydrogen (secondary N) is 2. The summed E-state index contributed by atoms with van der Waals surface area (Å²) in [5, 5.41) is 2.36. The quantitative estimate of drug-likeness (QED) is 0.691. The molecule has 0 aliphatic heterocycles. The Morgan fingerprint density at radius 3 is 2.92 bits per heavy atom. The molecule has 0 saturated heterocycles. The molecule has 1 aliphatic carbocycles. The molecule has 0 radical (unpaired) electrons. The molecule has 1 aromatic carbocycles. The minimum atomic E-state index is -0.327. The Hall–Kier alpha value is -2.25. The van der Waals surface area contributed by atoms with Crippen LogP contribution in [0, 0.1) is 4.77 Å². The zero-order valence-electron chi connectivity index (χ0n) is 12.8. The third-order valence-electron chi connectivity index (χ3n) is 4.32. The van der Waals surface area contributed by atoms with Gasteiger partial charge < -0.3 is 4.98 Å². The van der Waals surface area contributed by atoms with Crippen molar-refractivity contribution in [2.24, 2.45) is 0 Å². The number of rotatable bonds is 2. The summed E-state index contributed by atoms with van der Waals surface area (Å²) in [5.41, 5.74) is 4.77. The Morgan fingerprint density at radius 2 is 2.04 bits per heavy atom. The maximum atomic E-state index is 12.7. The van der Waals surface area contributed by atoms with Crippen LogP contribution in [0.4, 0.5) is 0 Å². The van der Waals surface area contributed by atoms with Crippen LogP contribution in [0.25, 0.3) is 10.9 Å². The van der Waals surface area contributed by atoms with Crippen molar-refractivity contribution >= 4 is 40.4 Å². The molecule has 1 amide bonds. The van der Waals surface area contributed by atoms with Gasteiger partial charge in [0.15, 0.2) is 4.77 Å². The van der Waals surface area contributed by atoms with Gasteiger partial charge in [-0.2, -0.15) is 4.68 Å². The van der Waals surface area contributed by atoms with E-state index in [1.54, 1.807) is 29.5 Å². The van der Waals surface area contributed by atoms with Crippen LogP contribution in [0.3, 0.4) is 0 Å². The first kappa shape index (κ1) is 15.3. The molecule has 1 aliphatic rings. The summed E-state index contributed by atoms with van der Waals surface area (Å²) in [6.45, 7) is 0. The number of aromatic amines is 1. The van der Waals surface area contributed by atoms with E-state index in [0.29, 0.717) is 16.5 Å². The molecule has 7 heteroatoms. The van der Waals surface area contributed by atoms with Crippen LogP contribution in [0.1, 0.15) is 33.6 Å². The minimum absolute atomic E-state index is 0.177. The highest BCUT2D eigenvalue weighted by Crippen LogP contribution is 2.30. The second-order valence-corrected chi connectivity index (χ2v) is 7.17. The van der Waals surface area contributed by atoms with Crippen molar-refractivity contribution in [3.63, 3.8) is 0 Å². The highest BCUT2D eigenvalue weighted by atomic mass is 32.1. The van der Waals surface area contributed by atoms with E-state index in [4.69, 9.17) is 12.2 Å². The van der Waals surface area contributed by atoms with Gasteiger partial charge in [0.25, 0.3) is 11.5 Å². The van der Waals surface area contributed by atoms with E-state index in [2.05, 4.69) is 10.4 Å². The van der Waals surface area contributed by atoms with E-state index in [1.165, 1.54) is 11.3 Å². The number of carbonyl (C=O) groups excluding carboxylic acids is 1. The number of aromatic nitrogens is 2. The highest BCUT2D eigenvalue weighted by Gasteiger charge is 2.21. The van der Waals surface area contributed by atoms with E-state index < -0.39 is 0 Å². The van der Waals surface area contributed by atoms with Gasteiger partial charge >= 0.3 is 0 Å². The maximum Gasteiger partial charge on any atom is 0.281 e. The predicted molar refractivity (Wildman–Crippen MR) is 98.0 cm³/mol. The van der Waals surface area contributed by atoms with Gasteiger partial charge in [-0.3, -0.25) is 15.0 Å². The molecular weight excluding hydrogens is 342 g/mol. The van der Waals surface area contributed by atoms with Crippen LogP contribution < -0.4 is 11.0 Å². The minimum Gasteiger partial charge on any atom is -0.330 e. The standard InChI is InChI=1S/C17H15N3O2S2/c21-15(12-9-24-14-8-4-2-5-10(12)14)19-20-16(22)11-6-1-3-7-13(11)18-17(20)23/h1,3,6-7,9H,2,4-5,8H2,(H,18,23)(H,19,21). The molecule has 2 N–H and O–H groups in total. The third kappa shape index (κ3) is 2.50. The number of fused-ring (bicyclic) bond motifs is 2. The Kier molecular flexibility index (Phi) is 3.82. The molecule has 0 bridgehead atoms. The molecular formula is C17H15N3O2S2. The van der Waals surface area contributed by atoms with Crippen LogP contribution in [0.15, 0.2) is 34.4 Å². The maximum absolute atomic E-state index is 12.7. The smallest absolute Gasteiger partial charge is 0.281 e. The molecule has 5 nitrogen and oxygen atoms in total. The largest absolute Gasteiger partial charge is 0.330 e. The summed E-state index contributed by atoms with van der Waals surface area (Å²) in [7, 11) is 0. The normalized spacial score (nSPS) is 13.7. The number of para-hydroxylation sites is 1. The molecule has 2 aromatic heterocycles. The van der Waals surface area contributed by atoms with Gasteiger partial charge in [-0.1, -0.05) is 12.1 Å². The average Bonchev–Trinajstić information content (AvgIpc) is 3.02. The summed E-state index contributed by atoms with van der Waals surface area (Å²) >= 11 is 6.85. The number of amides is 1. The number of carbonyl (C=O) groups is 1. The number of aryl methyl sites for hydroxylation is 1.